The van der Waals surface area contributed by atoms with Crippen molar-refractivity contribution in [2.75, 3.05) is 12.8 Å². The summed E-state index contributed by atoms with van der Waals surface area (Å²) in [7, 11) is 2.03. The largest absolute Gasteiger partial charge is 0.312 e. The van der Waals surface area contributed by atoms with Crippen LogP contribution in [-0.4, -0.2) is 17.8 Å². The van der Waals surface area contributed by atoms with Gasteiger partial charge in [-0.15, -0.1) is 11.3 Å². The Morgan fingerprint density at radius 2 is 1.95 bits per heavy atom. The monoisotopic (exact) mass is 292 g/mol. The standard InChI is InChI=1S/C15H20N2S2/c1-10-7-11(2)14(12(3)8-10)13(16-4)9-19-15-17-5-6-18-15/h5-8,13,16H,9H2,1-4H3. The summed E-state index contributed by atoms with van der Waals surface area (Å²) < 4.78 is 1.14. The SMILES string of the molecule is CNC(CSc1nccs1)c1c(C)cc(C)cc1C. The molecule has 1 atom stereocenters. The number of benzene rings is 1. The third-order valence-corrected chi connectivity index (χ3v) is 5.28. The van der Waals surface area contributed by atoms with Gasteiger partial charge in [0.15, 0.2) is 0 Å². The molecule has 0 bridgehead atoms. The second kappa shape index (κ2) is 6.55. The molecular weight excluding hydrogens is 272 g/mol. The number of rotatable bonds is 5. The Kier molecular flexibility index (Phi) is 5.02. The van der Waals surface area contributed by atoms with E-state index in [4.69, 9.17) is 0 Å². The van der Waals surface area contributed by atoms with Crippen molar-refractivity contribution in [1.82, 2.24) is 10.3 Å². The first-order chi connectivity index (χ1) is 9.11. The van der Waals surface area contributed by atoms with Gasteiger partial charge in [-0.1, -0.05) is 29.5 Å². The highest BCUT2D eigenvalue weighted by atomic mass is 32.2. The third-order valence-electron chi connectivity index (χ3n) is 3.22. The minimum Gasteiger partial charge on any atom is -0.312 e. The van der Waals surface area contributed by atoms with E-state index in [0.717, 1.165) is 10.1 Å². The number of nitrogens with zero attached hydrogens (tertiary/aromatic N) is 1. The third kappa shape index (κ3) is 3.59. The lowest BCUT2D eigenvalue weighted by atomic mass is 9.95. The number of hydrogen-bond donors (Lipinski definition) is 1. The molecule has 0 aliphatic carbocycles. The van der Waals surface area contributed by atoms with E-state index in [1.165, 1.54) is 22.3 Å². The van der Waals surface area contributed by atoms with E-state index in [1.54, 1.807) is 11.3 Å². The van der Waals surface area contributed by atoms with Gasteiger partial charge in [0.25, 0.3) is 0 Å². The topological polar surface area (TPSA) is 24.9 Å². The van der Waals surface area contributed by atoms with Crippen molar-refractivity contribution in [2.45, 2.75) is 31.2 Å². The molecular formula is C15H20N2S2. The number of nitrogens with one attached hydrogen (secondary N) is 1. The van der Waals surface area contributed by atoms with Gasteiger partial charge in [-0.3, -0.25) is 0 Å². The summed E-state index contributed by atoms with van der Waals surface area (Å²) >= 11 is 3.53. The van der Waals surface area contributed by atoms with Crippen LogP contribution in [0.2, 0.25) is 0 Å². The van der Waals surface area contributed by atoms with Gasteiger partial charge >= 0.3 is 0 Å². The highest BCUT2D eigenvalue weighted by Gasteiger charge is 2.15. The Hall–Kier alpha value is -0.840. The van der Waals surface area contributed by atoms with E-state index >= 15 is 0 Å². The van der Waals surface area contributed by atoms with E-state index in [9.17, 15) is 0 Å². The maximum absolute atomic E-state index is 4.33. The maximum Gasteiger partial charge on any atom is 0.149 e. The zero-order chi connectivity index (χ0) is 13.8. The molecule has 1 aromatic carbocycles. The fourth-order valence-corrected chi connectivity index (χ4v) is 4.27. The first-order valence-corrected chi connectivity index (χ1v) is 8.25. The number of thiazole rings is 1. The van der Waals surface area contributed by atoms with Gasteiger partial charge in [0.1, 0.15) is 4.34 Å². The molecule has 0 radical (unpaired) electrons. The molecule has 4 heteroatoms. The molecule has 2 aromatic rings. The fourth-order valence-electron chi connectivity index (χ4n) is 2.49. The van der Waals surface area contributed by atoms with Gasteiger partial charge < -0.3 is 5.32 Å². The minimum absolute atomic E-state index is 0.370. The van der Waals surface area contributed by atoms with Gasteiger partial charge in [-0.2, -0.15) is 0 Å². The molecule has 0 aliphatic rings. The molecule has 0 spiro atoms. The van der Waals surface area contributed by atoms with Crippen LogP contribution < -0.4 is 5.32 Å². The molecule has 19 heavy (non-hydrogen) atoms. The van der Waals surface area contributed by atoms with Crippen LogP contribution in [0.1, 0.15) is 28.3 Å². The Balaban J connectivity index is 2.17. The Morgan fingerprint density at radius 3 is 2.47 bits per heavy atom. The summed E-state index contributed by atoms with van der Waals surface area (Å²) in [5.41, 5.74) is 5.51. The molecule has 1 N–H and O–H groups in total. The van der Waals surface area contributed by atoms with E-state index in [0.29, 0.717) is 6.04 Å². The zero-order valence-corrected chi connectivity index (χ0v) is 13.5. The number of hydrogen-bond acceptors (Lipinski definition) is 4. The van der Waals surface area contributed by atoms with Gasteiger partial charge in [0.2, 0.25) is 0 Å². The second-order valence-electron chi connectivity index (χ2n) is 4.76. The average Bonchev–Trinajstić information content (AvgIpc) is 2.85. The lowest BCUT2D eigenvalue weighted by molar-refractivity contribution is 0.653. The molecule has 0 aliphatic heterocycles. The molecule has 1 heterocycles. The van der Waals surface area contributed by atoms with E-state index in [1.807, 2.05) is 30.4 Å². The Morgan fingerprint density at radius 1 is 1.26 bits per heavy atom. The first kappa shape index (κ1) is 14.6. The fraction of sp³-hybridized carbons (Fsp3) is 0.400. The first-order valence-electron chi connectivity index (χ1n) is 6.39. The number of thioether (sulfide) groups is 1. The molecule has 102 valence electrons. The van der Waals surface area contributed by atoms with E-state index in [-0.39, 0.29) is 0 Å². The lowest BCUT2D eigenvalue weighted by Gasteiger charge is -2.21. The van der Waals surface area contributed by atoms with Crippen molar-refractivity contribution in [3.05, 3.63) is 46.0 Å². The summed E-state index contributed by atoms with van der Waals surface area (Å²) in [5.74, 6) is 1.01. The summed E-state index contributed by atoms with van der Waals surface area (Å²) in [6.45, 7) is 6.56. The predicted octanol–water partition coefficient (Wildman–Crippen LogP) is 4.12. The smallest absolute Gasteiger partial charge is 0.149 e. The molecule has 1 aromatic heterocycles. The Bertz CT molecular complexity index is 512. The van der Waals surface area contributed by atoms with Crippen LogP contribution in [0.3, 0.4) is 0 Å². The van der Waals surface area contributed by atoms with Crippen LogP contribution in [0.15, 0.2) is 28.0 Å². The van der Waals surface area contributed by atoms with Gasteiger partial charge in [-0.05, 0) is 44.5 Å². The summed E-state index contributed by atoms with van der Waals surface area (Å²) in [4.78, 5) is 4.33. The van der Waals surface area contributed by atoms with Gasteiger partial charge in [-0.25, -0.2) is 4.98 Å². The van der Waals surface area contributed by atoms with Crippen LogP contribution >= 0.6 is 23.1 Å². The summed E-state index contributed by atoms with van der Waals surface area (Å²) in [5, 5.41) is 5.46. The lowest BCUT2D eigenvalue weighted by Crippen LogP contribution is -2.21. The molecule has 2 rings (SSSR count). The molecule has 1 unspecified atom stereocenters. The summed E-state index contributed by atoms with van der Waals surface area (Å²) in [6.07, 6.45) is 1.86. The number of aromatic nitrogens is 1. The van der Waals surface area contributed by atoms with Gasteiger partial charge in [0.05, 0.1) is 0 Å². The van der Waals surface area contributed by atoms with E-state index < -0.39 is 0 Å². The Labute approximate surface area is 123 Å². The van der Waals surface area contributed by atoms with Crippen molar-refractivity contribution in [3.8, 4) is 0 Å². The van der Waals surface area contributed by atoms with Crippen molar-refractivity contribution in [2.24, 2.45) is 0 Å². The minimum atomic E-state index is 0.370. The van der Waals surface area contributed by atoms with Crippen molar-refractivity contribution < 1.29 is 0 Å². The van der Waals surface area contributed by atoms with Crippen molar-refractivity contribution in [3.63, 3.8) is 0 Å². The highest BCUT2D eigenvalue weighted by Crippen LogP contribution is 2.29. The van der Waals surface area contributed by atoms with Crippen molar-refractivity contribution >= 4 is 23.1 Å². The summed E-state index contributed by atoms with van der Waals surface area (Å²) in [6, 6.07) is 4.90. The predicted molar refractivity (Wildman–Crippen MR) is 85.3 cm³/mol. The quantitative estimate of drug-likeness (QED) is 0.839. The van der Waals surface area contributed by atoms with E-state index in [2.05, 4.69) is 43.2 Å². The maximum atomic E-state index is 4.33. The molecule has 0 saturated heterocycles. The highest BCUT2D eigenvalue weighted by molar-refractivity contribution is 8.01. The second-order valence-corrected chi connectivity index (χ2v) is 6.92. The number of aryl methyl sites for hydroxylation is 3. The van der Waals surface area contributed by atoms with Crippen LogP contribution in [0.4, 0.5) is 0 Å². The van der Waals surface area contributed by atoms with Crippen LogP contribution in [0.5, 0.6) is 0 Å². The average molecular weight is 292 g/mol. The van der Waals surface area contributed by atoms with Crippen LogP contribution in [0.25, 0.3) is 0 Å². The van der Waals surface area contributed by atoms with Crippen LogP contribution in [-0.2, 0) is 0 Å². The molecule has 0 fully saturated rings. The zero-order valence-electron chi connectivity index (χ0n) is 11.9. The molecule has 0 saturated carbocycles. The van der Waals surface area contributed by atoms with Crippen LogP contribution in [0, 0.1) is 20.8 Å². The van der Waals surface area contributed by atoms with Gasteiger partial charge in [0, 0.05) is 23.4 Å². The molecule has 0 amide bonds. The van der Waals surface area contributed by atoms with Crippen molar-refractivity contribution in [1.29, 1.82) is 0 Å². The molecule has 2 nitrogen and oxygen atoms in total. The normalized spacial score (nSPS) is 12.6.